The molecule has 0 unspecified atom stereocenters. The summed E-state index contributed by atoms with van der Waals surface area (Å²) in [6, 6.07) is 0. The molecule has 11 nitrogen and oxygen atoms in total. The smallest absolute Gasteiger partial charge is 0.394 e. The number of aliphatic hydroxyl groups is 1. The van der Waals surface area contributed by atoms with Crippen LogP contribution in [-0.4, -0.2) is 63.2 Å². The molecule has 0 aliphatic carbocycles. The van der Waals surface area contributed by atoms with Gasteiger partial charge < -0.3 is 34.0 Å². The Kier molecular flexibility index (Phi) is 4.41. The molecule has 24 heavy (non-hydrogen) atoms. The van der Waals surface area contributed by atoms with Crippen LogP contribution in [0.15, 0.2) is 11.1 Å². The number of hydrogen-bond donors (Lipinski definition) is 3. The van der Waals surface area contributed by atoms with Gasteiger partial charge in [-0.25, -0.2) is 9.55 Å². The van der Waals surface area contributed by atoms with E-state index in [9.17, 15) is 14.5 Å². The second-order valence-electron chi connectivity index (χ2n) is 5.82. The molecule has 3 heterocycles. The number of phosphoric ester groups is 1. The summed E-state index contributed by atoms with van der Waals surface area (Å²) in [5.74, 6) is 0.430. The standard InChI is InChI=1S/C12H19N4O7P/c1-14-5-13-11-10(12(14)18)15(2)6-16(11)9-3-7(8(4-17)22-9)23-24(19,20)21/h5,7-9,17H,3-4,6H2,1-2H3,(H2,19,20,21)/t7-,8+,9+/m0/s1. The van der Waals surface area contributed by atoms with Gasteiger partial charge in [0.1, 0.15) is 24.1 Å². The predicted molar refractivity (Wildman–Crippen MR) is 82.5 cm³/mol. The van der Waals surface area contributed by atoms with E-state index in [0.717, 1.165) is 0 Å². The average molecular weight is 362 g/mol. The Morgan fingerprint density at radius 3 is 2.79 bits per heavy atom. The Morgan fingerprint density at radius 1 is 1.46 bits per heavy atom. The van der Waals surface area contributed by atoms with E-state index in [2.05, 4.69) is 4.98 Å². The van der Waals surface area contributed by atoms with Crippen molar-refractivity contribution in [1.82, 2.24) is 9.55 Å². The number of aromatic nitrogens is 2. The van der Waals surface area contributed by atoms with Crippen molar-refractivity contribution in [1.29, 1.82) is 0 Å². The zero-order chi connectivity index (χ0) is 17.6. The van der Waals surface area contributed by atoms with Gasteiger partial charge in [-0.05, 0) is 0 Å². The van der Waals surface area contributed by atoms with Crippen LogP contribution in [0.3, 0.4) is 0 Å². The summed E-state index contributed by atoms with van der Waals surface area (Å²) in [7, 11) is -1.36. The van der Waals surface area contributed by atoms with Crippen LogP contribution in [-0.2, 0) is 20.9 Å². The van der Waals surface area contributed by atoms with E-state index in [1.165, 1.54) is 10.9 Å². The topological polar surface area (TPSA) is 138 Å². The summed E-state index contributed by atoms with van der Waals surface area (Å²) in [5.41, 5.74) is 0.216. The maximum atomic E-state index is 12.3. The third kappa shape index (κ3) is 3.06. The highest BCUT2D eigenvalue weighted by atomic mass is 31.2. The van der Waals surface area contributed by atoms with Crippen molar-refractivity contribution in [2.24, 2.45) is 7.05 Å². The van der Waals surface area contributed by atoms with Crippen LogP contribution in [0, 0.1) is 0 Å². The summed E-state index contributed by atoms with van der Waals surface area (Å²) in [5, 5.41) is 9.37. The number of aliphatic hydroxyl groups excluding tert-OH is 1. The van der Waals surface area contributed by atoms with Crippen molar-refractivity contribution in [3.05, 3.63) is 16.7 Å². The largest absolute Gasteiger partial charge is 0.469 e. The minimum atomic E-state index is -4.71. The van der Waals surface area contributed by atoms with E-state index in [0.29, 0.717) is 18.2 Å². The van der Waals surface area contributed by atoms with Gasteiger partial charge in [0.05, 0.1) is 19.6 Å². The maximum Gasteiger partial charge on any atom is 0.469 e. The van der Waals surface area contributed by atoms with Gasteiger partial charge in [-0.1, -0.05) is 0 Å². The number of hydrogen-bond acceptors (Lipinski definition) is 8. The first kappa shape index (κ1) is 17.3. The summed E-state index contributed by atoms with van der Waals surface area (Å²) < 4.78 is 22.8. The molecule has 0 saturated carbocycles. The molecule has 3 atom stereocenters. The quantitative estimate of drug-likeness (QED) is 0.547. The molecule has 1 saturated heterocycles. The van der Waals surface area contributed by atoms with Crippen LogP contribution in [0.2, 0.25) is 0 Å². The highest BCUT2D eigenvalue weighted by Gasteiger charge is 2.44. The number of ether oxygens (including phenoxy) is 1. The fraction of sp³-hybridized carbons (Fsp3) is 0.667. The zero-order valence-corrected chi connectivity index (χ0v) is 14.0. The molecular formula is C12H19N4O7P. The van der Waals surface area contributed by atoms with Crippen molar-refractivity contribution in [2.45, 2.75) is 24.9 Å². The lowest BCUT2D eigenvalue weighted by Crippen LogP contribution is -2.38. The summed E-state index contributed by atoms with van der Waals surface area (Å²) >= 11 is 0. The van der Waals surface area contributed by atoms with E-state index in [1.807, 2.05) is 0 Å². The first-order chi connectivity index (χ1) is 11.2. The molecule has 3 rings (SSSR count). The molecule has 1 aromatic rings. The second-order valence-corrected chi connectivity index (χ2v) is 7.02. The van der Waals surface area contributed by atoms with Gasteiger partial charge in [0.15, 0.2) is 5.82 Å². The molecule has 1 fully saturated rings. The Bertz CT molecular complexity index is 735. The molecule has 12 heteroatoms. The number of aryl methyl sites for hydroxylation is 1. The second kappa shape index (κ2) is 6.10. The molecule has 2 aliphatic heterocycles. The molecule has 0 amide bonds. The minimum absolute atomic E-state index is 0.126. The van der Waals surface area contributed by atoms with Crippen molar-refractivity contribution >= 4 is 19.3 Å². The monoisotopic (exact) mass is 362 g/mol. The van der Waals surface area contributed by atoms with Gasteiger partial charge in [0, 0.05) is 20.5 Å². The van der Waals surface area contributed by atoms with Gasteiger partial charge in [0.2, 0.25) is 0 Å². The van der Waals surface area contributed by atoms with Gasteiger partial charge in [-0.2, -0.15) is 0 Å². The fourth-order valence-corrected chi connectivity index (χ4v) is 3.57. The van der Waals surface area contributed by atoms with Crippen molar-refractivity contribution in [3.8, 4) is 0 Å². The number of anilines is 2. The first-order valence-electron chi connectivity index (χ1n) is 7.25. The van der Waals surface area contributed by atoms with Crippen LogP contribution in [0.1, 0.15) is 6.42 Å². The fourth-order valence-electron chi connectivity index (χ4n) is 3.00. The minimum Gasteiger partial charge on any atom is -0.394 e. The lowest BCUT2D eigenvalue weighted by Gasteiger charge is -2.25. The molecule has 3 N–H and O–H groups in total. The van der Waals surface area contributed by atoms with E-state index in [1.54, 1.807) is 23.9 Å². The molecule has 2 aliphatic rings. The lowest BCUT2D eigenvalue weighted by atomic mass is 10.2. The average Bonchev–Trinajstić information content (AvgIpc) is 3.02. The van der Waals surface area contributed by atoms with Gasteiger partial charge >= 0.3 is 7.82 Å². The van der Waals surface area contributed by atoms with Crippen molar-refractivity contribution in [2.75, 3.05) is 30.1 Å². The van der Waals surface area contributed by atoms with E-state index < -0.39 is 32.9 Å². The van der Waals surface area contributed by atoms with Gasteiger partial charge in [0.25, 0.3) is 5.56 Å². The molecule has 0 aromatic carbocycles. The number of rotatable bonds is 4. The summed E-state index contributed by atoms with van der Waals surface area (Å²) in [6.07, 6.45) is -0.928. The Morgan fingerprint density at radius 2 is 2.17 bits per heavy atom. The molecular weight excluding hydrogens is 343 g/mol. The predicted octanol–water partition coefficient (Wildman–Crippen LogP) is -1.42. The highest BCUT2D eigenvalue weighted by Crippen LogP contribution is 2.43. The Labute approximate surface area is 137 Å². The number of fused-ring (bicyclic) bond motifs is 1. The van der Waals surface area contributed by atoms with Crippen molar-refractivity contribution in [3.63, 3.8) is 0 Å². The Balaban J connectivity index is 1.86. The van der Waals surface area contributed by atoms with Crippen molar-refractivity contribution < 1.29 is 28.7 Å². The normalized spacial score (nSPS) is 27.0. The van der Waals surface area contributed by atoms with E-state index in [4.69, 9.17) is 19.0 Å². The molecule has 0 radical (unpaired) electrons. The number of phosphoric acid groups is 1. The van der Waals surface area contributed by atoms with Crippen LogP contribution in [0.5, 0.6) is 0 Å². The molecule has 0 bridgehead atoms. The van der Waals surface area contributed by atoms with Crippen LogP contribution >= 0.6 is 7.82 Å². The van der Waals surface area contributed by atoms with Crippen LogP contribution < -0.4 is 15.4 Å². The maximum absolute atomic E-state index is 12.3. The number of nitrogens with zero attached hydrogens (tertiary/aromatic N) is 4. The van der Waals surface area contributed by atoms with Gasteiger partial charge in [-0.15, -0.1) is 0 Å². The van der Waals surface area contributed by atoms with Crippen LogP contribution in [0.4, 0.5) is 11.5 Å². The Hall–Kier alpha value is -1.49. The lowest BCUT2D eigenvalue weighted by molar-refractivity contribution is -0.0216. The first-order valence-corrected chi connectivity index (χ1v) is 8.78. The zero-order valence-electron chi connectivity index (χ0n) is 13.1. The van der Waals surface area contributed by atoms with E-state index >= 15 is 0 Å². The summed E-state index contributed by atoms with van der Waals surface area (Å²) in [6.45, 7) is -0.116. The summed E-state index contributed by atoms with van der Waals surface area (Å²) in [4.78, 5) is 37.9. The molecule has 134 valence electrons. The molecule has 1 aromatic heterocycles. The SMILES string of the molecule is CN1CN([C@H]2C[C@H](OP(=O)(O)O)[C@@H](CO)O2)c2ncn(C)c(=O)c21. The highest BCUT2D eigenvalue weighted by molar-refractivity contribution is 7.46. The van der Waals surface area contributed by atoms with Gasteiger partial charge in [-0.3, -0.25) is 9.32 Å². The third-order valence-electron chi connectivity index (χ3n) is 4.09. The third-order valence-corrected chi connectivity index (χ3v) is 4.63. The van der Waals surface area contributed by atoms with Crippen LogP contribution in [0.25, 0.3) is 0 Å². The van der Waals surface area contributed by atoms with E-state index in [-0.39, 0.29) is 12.0 Å². The molecule has 0 spiro atoms.